The third kappa shape index (κ3) is 5.89. The lowest BCUT2D eigenvalue weighted by Gasteiger charge is -2.34. The van der Waals surface area contributed by atoms with Crippen LogP contribution >= 0.6 is 0 Å². The lowest BCUT2D eigenvalue weighted by atomic mass is 10.1. The van der Waals surface area contributed by atoms with E-state index in [9.17, 15) is 18.5 Å². The van der Waals surface area contributed by atoms with Gasteiger partial charge in [0, 0.05) is 31.9 Å². The number of carbonyl (C=O) groups excluding carboxylic acids is 1. The van der Waals surface area contributed by atoms with Gasteiger partial charge in [0.15, 0.2) is 5.69 Å². The van der Waals surface area contributed by atoms with Crippen LogP contribution in [-0.2, 0) is 10.0 Å². The van der Waals surface area contributed by atoms with E-state index in [1.165, 1.54) is 27.4 Å². The molecule has 0 unspecified atom stereocenters. The Kier molecular flexibility index (Phi) is 7.44. The molecule has 0 aromatic heterocycles. The molecule has 10 heteroatoms. The first-order chi connectivity index (χ1) is 17.7. The van der Waals surface area contributed by atoms with Gasteiger partial charge in [0.05, 0.1) is 18.2 Å². The van der Waals surface area contributed by atoms with Gasteiger partial charge in [0.1, 0.15) is 16.4 Å². The van der Waals surface area contributed by atoms with Crippen molar-refractivity contribution in [3.63, 3.8) is 0 Å². The monoisotopic (exact) mass is 515 g/mol. The molecule has 4 rings (SSSR count). The molecule has 1 fully saturated rings. The Morgan fingerprint density at radius 3 is 2.24 bits per heavy atom. The van der Waals surface area contributed by atoms with Crippen molar-refractivity contribution in [3.8, 4) is 17.6 Å². The fourth-order valence-corrected chi connectivity index (χ4v) is 5.64. The number of hydrogen-bond donors (Lipinski definition) is 1. The summed E-state index contributed by atoms with van der Waals surface area (Å²) in [6, 6.07) is 18.1. The van der Waals surface area contributed by atoms with E-state index in [1.807, 2.05) is 38.1 Å². The number of carbonyl (C=O) groups is 1. The molecule has 1 saturated heterocycles. The highest BCUT2D eigenvalue weighted by Gasteiger charge is 2.32. The maximum absolute atomic E-state index is 13.6. The van der Waals surface area contributed by atoms with Gasteiger partial charge in [-0.25, -0.2) is 18.1 Å². The van der Waals surface area contributed by atoms with E-state index in [1.54, 1.807) is 24.3 Å². The smallest absolute Gasteiger partial charge is 0.321 e. The number of aryl methyl sites for hydroxylation is 2. The number of nitrogens with zero attached hydrogens (tertiary/aromatic N) is 4. The van der Waals surface area contributed by atoms with Crippen LogP contribution in [0.15, 0.2) is 65.6 Å². The third-order valence-corrected chi connectivity index (χ3v) is 7.81. The summed E-state index contributed by atoms with van der Waals surface area (Å²) in [4.78, 5) is 17.4. The molecule has 0 atom stereocenters. The van der Waals surface area contributed by atoms with Crippen LogP contribution in [0.25, 0.3) is 4.85 Å². The first kappa shape index (κ1) is 25.7. The summed E-state index contributed by atoms with van der Waals surface area (Å²) in [5, 5.41) is 12.1. The van der Waals surface area contributed by atoms with Crippen LogP contribution in [0.1, 0.15) is 16.7 Å². The molecule has 0 bridgehead atoms. The molecular formula is C27H25N5O4S. The lowest BCUT2D eigenvalue weighted by Crippen LogP contribution is -2.51. The Balaban J connectivity index is 1.50. The van der Waals surface area contributed by atoms with Crippen LogP contribution in [0.5, 0.6) is 11.5 Å². The van der Waals surface area contributed by atoms with Crippen LogP contribution in [0.3, 0.4) is 0 Å². The molecular weight excluding hydrogens is 490 g/mol. The van der Waals surface area contributed by atoms with Gasteiger partial charge >= 0.3 is 6.03 Å². The van der Waals surface area contributed by atoms with Gasteiger partial charge in [0.25, 0.3) is 0 Å². The summed E-state index contributed by atoms with van der Waals surface area (Å²) in [6.45, 7) is 11.4. The fourth-order valence-electron chi connectivity index (χ4n) is 4.07. The Morgan fingerprint density at radius 1 is 1.00 bits per heavy atom. The van der Waals surface area contributed by atoms with E-state index in [2.05, 4.69) is 10.2 Å². The highest BCUT2D eigenvalue weighted by atomic mass is 32.2. The number of anilines is 1. The lowest BCUT2D eigenvalue weighted by molar-refractivity contribution is 0.184. The zero-order valence-corrected chi connectivity index (χ0v) is 21.2. The number of sulfonamides is 1. The normalized spacial score (nSPS) is 13.9. The van der Waals surface area contributed by atoms with Gasteiger partial charge in [0.2, 0.25) is 10.0 Å². The maximum atomic E-state index is 13.6. The molecule has 0 spiro atoms. The molecule has 9 nitrogen and oxygen atoms in total. The molecule has 2 amide bonds. The quantitative estimate of drug-likeness (QED) is 0.478. The van der Waals surface area contributed by atoms with Gasteiger partial charge in [-0.05, 0) is 67.4 Å². The minimum atomic E-state index is -4.01. The summed E-state index contributed by atoms with van der Waals surface area (Å²) in [7, 11) is -4.01. The van der Waals surface area contributed by atoms with Crippen molar-refractivity contribution < 1.29 is 17.9 Å². The zero-order chi connectivity index (χ0) is 26.6. The second kappa shape index (κ2) is 10.7. The first-order valence-corrected chi connectivity index (χ1v) is 13.0. The van der Waals surface area contributed by atoms with Gasteiger partial charge in [-0.1, -0.05) is 18.2 Å². The molecule has 3 aromatic carbocycles. The van der Waals surface area contributed by atoms with Gasteiger partial charge in [-0.2, -0.15) is 9.57 Å². The van der Waals surface area contributed by atoms with Crippen LogP contribution in [0, 0.1) is 31.8 Å². The predicted octanol–water partition coefficient (Wildman–Crippen LogP) is 5.06. The van der Waals surface area contributed by atoms with Crippen molar-refractivity contribution in [2.45, 2.75) is 18.7 Å². The van der Waals surface area contributed by atoms with Crippen molar-refractivity contribution in [1.29, 1.82) is 5.26 Å². The minimum absolute atomic E-state index is 0.0895. The summed E-state index contributed by atoms with van der Waals surface area (Å²) in [5.41, 5.74) is 3.18. The number of nitriles is 1. The molecule has 0 radical (unpaired) electrons. The Morgan fingerprint density at radius 2 is 1.65 bits per heavy atom. The largest absolute Gasteiger partial charge is 0.456 e. The van der Waals surface area contributed by atoms with Crippen LogP contribution < -0.4 is 10.1 Å². The van der Waals surface area contributed by atoms with Gasteiger partial charge < -0.3 is 15.0 Å². The van der Waals surface area contributed by atoms with Crippen LogP contribution in [0.2, 0.25) is 0 Å². The number of ether oxygens (including phenoxy) is 1. The average Bonchev–Trinajstić information content (AvgIpc) is 2.88. The molecule has 1 N–H and O–H groups in total. The molecule has 0 saturated carbocycles. The molecule has 37 heavy (non-hydrogen) atoms. The van der Waals surface area contributed by atoms with Crippen molar-refractivity contribution in [3.05, 3.63) is 88.8 Å². The van der Waals surface area contributed by atoms with E-state index < -0.39 is 10.0 Å². The second-order valence-electron chi connectivity index (χ2n) is 8.68. The van der Waals surface area contributed by atoms with E-state index in [0.29, 0.717) is 17.1 Å². The highest BCUT2D eigenvalue weighted by Crippen LogP contribution is 2.33. The van der Waals surface area contributed by atoms with E-state index in [0.717, 1.165) is 11.1 Å². The Hall–Kier alpha value is -4.38. The number of benzene rings is 3. The topological polar surface area (TPSA) is 107 Å². The molecule has 1 aliphatic heterocycles. The summed E-state index contributed by atoms with van der Waals surface area (Å²) < 4.78 is 34.5. The summed E-state index contributed by atoms with van der Waals surface area (Å²) in [6.07, 6.45) is 0. The SMILES string of the molecule is [C-]#[N+]c1ccc(NC(=O)N2CCN(S(=O)(=O)c3cc(C#N)ccc3Oc3cc(C)cc(C)c3)CC2)cc1. The highest BCUT2D eigenvalue weighted by molar-refractivity contribution is 7.89. The number of amides is 2. The minimum Gasteiger partial charge on any atom is -0.456 e. The predicted molar refractivity (Wildman–Crippen MR) is 139 cm³/mol. The maximum Gasteiger partial charge on any atom is 0.321 e. The van der Waals surface area contributed by atoms with Crippen molar-refractivity contribution >= 4 is 27.4 Å². The Labute approximate surface area is 216 Å². The number of urea groups is 1. The Bertz CT molecular complexity index is 1490. The number of piperazine rings is 1. The second-order valence-corrected chi connectivity index (χ2v) is 10.6. The number of rotatable bonds is 5. The van der Waals surface area contributed by atoms with Crippen molar-refractivity contribution in [1.82, 2.24) is 9.21 Å². The first-order valence-electron chi connectivity index (χ1n) is 11.5. The third-order valence-electron chi connectivity index (χ3n) is 5.89. The molecule has 1 heterocycles. The van der Waals surface area contributed by atoms with Crippen molar-refractivity contribution in [2.75, 3.05) is 31.5 Å². The van der Waals surface area contributed by atoms with Crippen LogP contribution in [0.4, 0.5) is 16.2 Å². The molecule has 0 aliphatic carbocycles. The summed E-state index contributed by atoms with van der Waals surface area (Å²) >= 11 is 0. The number of nitrogens with one attached hydrogen (secondary N) is 1. The van der Waals surface area contributed by atoms with E-state index >= 15 is 0 Å². The summed E-state index contributed by atoms with van der Waals surface area (Å²) in [5.74, 6) is 0.636. The fraction of sp³-hybridized carbons (Fsp3) is 0.222. The van der Waals surface area contributed by atoms with E-state index in [4.69, 9.17) is 11.3 Å². The van der Waals surface area contributed by atoms with Gasteiger partial charge in [-0.15, -0.1) is 0 Å². The molecule has 1 aliphatic rings. The van der Waals surface area contributed by atoms with E-state index in [-0.39, 0.29) is 48.4 Å². The standard InChI is InChI=1S/C27H25N5O4S/c1-19-14-20(2)16-24(15-19)36-25-9-4-21(18-28)17-26(25)37(34,35)32-12-10-31(11-13-32)27(33)30-23-7-5-22(29-3)6-8-23/h4-9,14-17H,10-13H2,1-2H3,(H,30,33). The van der Waals surface area contributed by atoms with Crippen LogP contribution in [-0.4, -0.2) is 49.8 Å². The van der Waals surface area contributed by atoms with Crippen molar-refractivity contribution in [2.24, 2.45) is 0 Å². The average molecular weight is 516 g/mol. The molecule has 188 valence electrons. The zero-order valence-electron chi connectivity index (χ0n) is 20.4. The van der Waals surface area contributed by atoms with Gasteiger partial charge in [-0.3, -0.25) is 0 Å². The number of hydrogen-bond acceptors (Lipinski definition) is 5. The molecule has 3 aromatic rings.